The average Bonchev–Trinajstić information content (AvgIpc) is 3.17. The number of ether oxygens (including phenoxy) is 2. The number of aliphatic hydroxyl groups excluding tert-OH is 1. The monoisotopic (exact) mass is 451 g/mol. The molecule has 178 valence electrons. The summed E-state index contributed by atoms with van der Waals surface area (Å²) in [4.78, 5) is 2.30. The lowest BCUT2D eigenvalue weighted by Gasteiger charge is -2.26. The van der Waals surface area contributed by atoms with Crippen molar-refractivity contribution < 1.29 is 14.6 Å². The number of hydrogen-bond donors (Lipinski definition) is 1. The third-order valence-corrected chi connectivity index (χ3v) is 5.77. The molecule has 1 aromatic heterocycles. The molecule has 6 heteroatoms. The van der Waals surface area contributed by atoms with Gasteiger partial charge in [0.05, 0.1) is 30.2 Å². The van der Waals surface area contributed by atoms with E-state index >= 15 is 0 Å². The first-order chi connectivity index (χ1) is 16.0. The molecule has 1 N–H and O–H groups in total. The first-order valence-electron chi connectivity index (χ1n) is 11.9. The van der Waals surface area contributed by atoms with Gasteiger partial charge in [0.15, 0.2) is 11.5 Å². The second-order valence-corrected chi connectivity index (χ2v) is 8.63. The Morgan fingerprint density at radius 3 is 2.27 bits per heavy atom. The number of aryl methyl sites for hydroxylation is 1. The lowest BCUT2D eigenvalue weighted by Crippen LogP contribution is -2.35. The van der Waals surface area contributed by atoms with Crippen LogP contribution in [0, 0.1) is 5.92 Å². The van der Waals surface area contributed by atoms with Gasteiger partial charge in [0.2, 0.25) is 5.88 Å². The van der Waals surface area contributed by atoms with Crippen molar-refractivity contribution in [3.8, 4) is 23.1 Å². The molecule has 3 aromatic rings. The molecule has 3 rings (SSSR count). The molecule has 0 spiro atoms. The number of hydrogen-bond acceptors (Lipinski definition) is 5. The fourth-order valence-electron chi connectivity index (χ4n) is 3.83. The average molecular weight is 452 g/mol. The van der Waals surface area contributed by atoms with Gasteiger partial charge in [-0.05, 0) is 49.6 Å². The fourth-order valence-corrected chi connectivity index (χ4v) is 3.83. The van der Waals surface area contributed by atoms with Crippen LogP contribution in [0.4, 0.5) is 0 Å². The van der Waals surface area contributed by atoms with Crippen molar-refractivity contribution in [2.45, 2.75) is 53.2 Å². The number of aliphatic hydroxyl groups is 1. The standard InChI is InChI=1S/C27H37N3O3/c1-6-17-29(19-24(31)20(3)4)18-22-23(7-2)28-30(21-13-9-8-10-14-21)27(22)33-26-16-12-11-15-25(26)32-5/h8-16,20,24,31H,6-7,17-19H2,1-5H3/t24-/m1/s1. The lowest BCUT2D eigenvalue weighted by molar-refractivity contribution is 0.0728. The van der Waals surface area contributed by atoms with Crippen LogP contribution in [-0.4, -0.2) is 46.1 Å². The van der Waals surface area contributed by atoms with Crippen molar-refractivity contribution in [2.24, 2.45) is 5.92 Å². The second kappa shape index (κ2) is 11.9. The van der Waals surface area contributed by atoms with Crippen LogP contribution in [-0.2, 0) is 13.0 Å². The van der Waals surface area contributed by atoms with Gasteiger partial charge in [-0.3, -0.25) is 4.90 Å². The molecule has 0 aliphatic heterocycles. The molecule has 6 nitrogen and oxygen atoms in total. The highest BCUT2D eigenvalue weighted by atomic mass is 16.5. The first kappa shape index (κ1) is 24.8. The second-order valence-electron chi connectivity index (χ2n) is 8.63. The molecule has 33 heavy (non-hydrogen) atoms. The number of para-hydroxylation sites is 3. The number of aromatic nitrogens is 2. The van der Waals surface area contributed by atoms with Crippen LogP contribution >= 0.6 is 0 Å². The van der Waals surface area contributed by atoms with Crippen molar-refractivity contribution >= 4 is 0 Å². The van der Waals surface area contributed by atoms with Gasteiger partial charge in [-0.1, -0.05) is 58.0 Å². The maximum Gasteiger partial charge on any atom is 0.227 e. The van der Waals surface area contributed by atoms with Gasteiger partial charge < -0.3 is 14.6 Å². The summed E-state index contributed by atoms with van der Waals surface area (Å²) in [5.74, 6) is 2.20. The van der Waals surface area contributed by atoms with Crippen LogP contribution < -0.4 is 9.47 Å². The van der Waals surface area contributed by atoms with Crippen LogP contribution in [0.15, 0.2) is 54.6 Å². The number of benzene rings is 2. The van der Waals surface area contributed by atoms with E-state index in [0.717, 1.165) is 36.3 Å². The van der Waals surface area contributed by atoms with Crippen molar-refractivity contribution in [1.29, 1.82) is 0 Å². The summed E-state index contributed by atoms with van der Waals surface area (Å²) in [6.45, 7) is 10.5. The zero-order valence-corrected chi connectivity index (χ0v) is 20.5. The summed E-state index contributed by atoms with van der Waals surface area (Å²) < 4.78 is 13.9. The smallest absolute Gasteiger partial charge is 0.227 e. The first-order valence-corrected chi connectivity index (χ1v) is 11.9. The zero-order chi connectivity index (χ0) is 23.8. The van der Waals surface area contributed by atoms with Gasteiger partial charge in [0.25, 0.3) is 0 Å². The molecular formula is C27H37N3O3. The van der Waals surface area contributed by atoms with E-state index in [0.29, 0.717) is 30.5 Å². The van der Waals surface area contributed by atoms with Crippen molar-refractivity contribution in [1.82, 2.24) is 14.7 Å². The molecule has 0 aliphatic carbocycles. The van der Waals surface area contributed by atoms with Crippen LogP contribution in [0.25, 0.3) is 5.69 Å². The minimum atomic E-state index is -0.385. The van der Waals surface area contributed by atoms with Gasteiger partial charge >= 0.3 is 0 Å². The summed E-state index contributed by atoms with van der Waals surface area (Å²) >= 11 is 0. The Balaban J connectivity index is 2.08. The van der Waals surface area contributed by atoms with Crippen molar-refractivity contribution in [2.75, 3.05) is 20.2 Å². The predicted octanol–water partition coefficient (Wildman–Crippen LogP) is 5.46. The van der Waals surface area contributed by atoms with E-state index in [2.05, 4.69) is 32.6 Å². The van der Waals surface area contributed by atoms with E-state index in [4.69, 9.17) is 14.6 Å². The molecule has 1 atom stereocenters. The van der Waals surface area contributed by atoms with E-state index in [-0.39, 0.29) is 12.0 Å². The lowest BCUT2D eigenvalue weighted by atomic mass is 10.1. The van der Waals surface area contributed by atoms with Crippen LogP contribution in [0.1, 0.15) is 45.4 Å². The highest BCUT2D eigenvalue weighted by Crippen LogP contribution is 2.36. The van der Waals surface area contributed by atoms with Crippen molar-refractivity contribution in [3.63, 3.8) is 0 Å². The molecule has 0 radical (unpaired) electrons. The van der Waals surface area contributed by atoms with Crippen molar-refractivity contribution in [3.05, 3.63) is 65.9 Å². The molecular weight excluding hydrogens is 414 g/mol. The Hall–Kier alpha value is -2.83. The maximum atomic E-state index is 10.6. The molecule has 0 bridgehead atoms. The molecule has 0 unspecified atom stereocenters. The summed E-state index contributed by atoms with van der Waals surface area (Å²) in [5, 5.41) is 15.5. The summed E-state index contributed by atoms with van der Waals surface area (Å²) in [6, 6.07) is 17.7. The van der Waals surface area contributed by atoms with E-state index in [9.17, 15) is 5.11 Å². The summed E-state index contributed by atoms with van der Waals surface area (Å²) in [7, 11) is 1.64. The predicted molar refractivity (Wildman–Crippen MR) is 132 cm³/mol. The van der Waals surface area contributed by atoms with Gasteiger partial charge in [-0.2, -0.15) is 5.10 Å². The Morgan fingerprint density at radius 2 is 1.67 bits per heavy atom. The Morgan fingerprint density at radius 1 is 1.00 bits per heavy atom. The van der Waals surface area contributed by atoms with Crippen LogP contribution in [0.2, 0.25) is 0 Å². The molecule has 1 heterocycles. The van der Waals surface area contributed by atoms with E-state index in [1.165, 1.54) is 0 Å². The molecule has 2 aromatic carbocycles. The Labute approximate surface area is 197 Å². The summed E-state index contributed by atoms with van der Waals surface area (Å²) in [5.41, 5.74) is 2.97. The highest BCUT2D eigenvalue weighted by molar-refractivity contribution is 5.47. The third kappa shape index (κ3) is 6.15. The Kier molecular flexibility index (Phi) is 8.92. The van der Waals surface area contributed by atoms with Gasteiger partial charge in [-0.15, -0.1) is 0 Å². The van der Waals surface area contributed by atoms with E-state index < -0.39 is 0 Å². The van der Waals surface area contributed by atoms with Crippen LogP contribution in [0.5, 0.6) is 17.4 Å². The van der Waals surface area contributed by atoms with E-state index in [1.54, 1.807) is 7.11 Å². The van der Waals surface area contributed by atoms with Gasteiger partial charge in [-0.25, -0.2) is 4.68 Å². The van der Waals surface area contributed by atoms with Gasteiger partial charge in [0, 0.05) is 13.1 Å². The molecule has 0 saturated carbocycles. The molecule has 0 saturated heterocycles. The SMILES string of the molecule is CCCN(Cc1c(CC)nn(-c2ccccc2)c1Oc1ccccc1OC)C[C@@H](O)C(C)C. The minimum absolute atomic E-state index is 0.200. The van der Waals surface area contributed by atoms with E-state index in [1.807, 2.05) is 59.3 Å². The molecule has 0 fully saturated rings. The topological polar surface area (TPSA) is 59.8 Å². The largest absolute Gasteiger partial charge is 0.493 e. The molecule has 0 aliphatic rings. The van der Waals surface area contributed by atoms with Crippen LogP contribution in [0.3, 0.4) is 0 Å². The number of methoxy groups -OCH3 is 1. The summed E-state index contributed by atoms with van der Waals surface area (Å²) in [6.07, 6.45) is 1.40. The molecule has 0 amide bonds. The normalized spacial score (nSPS) is 12.4. The zero-order valence-electron chi connectivity index (χ0n) is 20.5. The number of nitrogens with zero attached hydrogens (tertiary/aromatic N) is 3. The quantitative estimate of drug-likeness (QED) is 0.396. The highest BCUT2D eigenvalue weighted by Gasteiger charge is 2.24. The van der Waals surface area contributed by atoms with Gasteiger partial charge in [0.1, 0.15) is 0 Å². The number of rotatable bonds is 12. The third-order valence-electron chi connectivity index (χ3n) is 5.77. The minimum Gasteiger partial charge on any atom is -0.493 e. The fraction of sp³-hybridized carbons (Fsp3) is 0.444. The Bertz CT molecular complexity index is 1000. The maximum absolute atomic E-state index is 10.6.